The summed E-state index contributed by atoms with van der Waals surface area (Å²) in [6.45, 7) is 4.71. The second-order valence-corrected chi connectivity index (χ2v) is 6.13. The van der Waals surface area contributed by atoms with Crippen molar-refractivity contribution in [2.45, 2.75) is 38.1 Å². The zero-order valence-corrected chi connectivity index (χ0v) is 13.6. The summed E-state index contributed by atoms with van der Waals surface area (Å²) in [5, 5.41) is 0. The minimum absolute atomic E-state index is 0. The molecule has 0 aromatic rings. The molecule has 6 heteroatoms. The predicted molar refractivity (Wildman–Crippen MR) is 85.6 cm³/mol. The van der Waals surface area contributed by atoms with Crippen molar-refractivity contribution >= 4 is 30.7 Å². The Morgan fingerprint density at radius 1 is 1.00 bits per heavy atom. The maximum absolute atomic E-state index is 12.5. The SMILES string of the molecule is Cl.Cl.NC[C@H]1CCC[C@H]1C(=O)N1CCN(C2CC2)CC1. The van der Waals surface area contributed by atoms with Gasteiger partial charge in [0.2, 0.25) is 5.91 Å². The minimum Gasteiger partial charge on any atom is -0.340 e. The average Bonchev–Trinajstić information content (AvgIpc) is 3.16. The molecule has 0 unspecified atom stereocenters. The van der Waals surface area contributed by atoms with E-state index in [9.17, 15) is 4.79 Å². The Morgan fingerprint density at radius 3 is 2.20 bits per heavy atom. The Balaban J connectivity index is 0.000001000. The van der Waals surface area contributed by atoms with Gasteiger partial charge < -0.3 is 10.6 Å². The van der Waals surface area contributed by atoms with E-state index in [4.69, 9.17) is 5.73 Å². The van der Waals surface area contributed by atoms with E-state index in [0.717, 1.165) is 45.1 Å². The summed E-state index contributed by atoms with van der Waals surface area (Å²) in [6.07, 6.45) is 6.12. The Bertz CT molecular complexity index is 318. The molecule has 118 valence electrons. The van der Waals surface area contributed by atoms with Crippen LogP contribution >= 0.6 is 24.8 Å². The highest BCUT2D eigenvalue weighted by atomic mass is 35.5. The Morgan fingerprint density at radius 2 is 1.65 bits per heavy atom. The van der Waals surface area contributed by atoms with Crippen LogP contribution < -0.4 is 5.73 Å². The molecule has 2 saturated carbocycles. The summed E-state index contributed by atoms with van der Waals surface area (Å²) >= 11 is 0. The summed E-state index contributed by atoms with van der Waals surface area (Å²) in [4.78, 5) is 17.2. The van der Waals surface area contributed by atoms with Crippen LogP contribution in [-0.4, -0.2) is 54.5 Å². The van der Waals surface area contributed by atoms with Crippen LogP contribution in [0, 0.1) is 11.8 Å². The van der Waals surface area contributed by atoms with Crippen LogP contribution in [0.2, 0.25) is 0 Å². The van der Waals surface area contributed by atoms with Gasteiger partial charge in [0.25, 0.3) is 0 Å². The summed E-state index contributed by atoms with van der Waals surface area (Å²) in [7, 11) is 0. The molecule has 2 N–H and O–H groups in total. The summed E-state index contributed by atoms with van der Waals surface area (Å²) in [5.41, 5.74) is 5.78. The van der Waals surface area contributed by atoms with Gasteiger partial charge in [0, 0.05) is 38.1 Å². The third kappa shape index (κ3) is 3.79. The van der Waals surface area contributed by atoms with Crippen molar-refractivity contribution < 1.29 is 4.79 Å². The van der Waals surface area contributed by atoms with Gasteiger partial charge in [-0.05, 0) is 38.1 Å². The van der Waals surface area contributed by atoms with Crippen molar-refractivity contribution in [3.8, 4) is 0 Å². The molecular weight excluding hydrogens is 297 g/mol. The first-order chi connectivity index (χ1) is 8.79. The molecule has 4 nitrogen and oxygen atoms in total. The fraction of sp³-hybridized carbons (Fsp3) is 0.929. The lowest BCUT2D eigenvalue weighted by atomic mass is 9.94. The fourth-order valence-electron chi connectivity index (χ4n) is 3.63. The number of carbonyl (C=O) groups excluding carboxylic acids is 1. The Labute approximate surface area is 134 Å². The van der Waals surface area contributed by atoms with Crippen molar-refractivity contribution in [3.63, 3.8) is 0 Å². The second-order valence-electron chi connectivity index (χ2n) is 6.13. The highest BCUT2D eigenvalue weighted by Gasteiger charge is 2.37. The molecule has 0 bridgehead atoms. The van der Waals surface area contributed by atoms with Crippen LogP contribution in [-0.2, 0) is 4.79 Å². The van der Waals surface area contributed by atoms with Gasteiger partial charge in [0.15, 0.2) is 0 Å². The van der Waals surface area contributed by atoms with Crippen molar-refractivity contribution in [1.29, 1.82) is 0 Å². The summed E-state index contributed by atoms with van der Waals surface area (Å²) in [6, 6.07) is 0.838. The molecule has 1 heterocycles. The highest BCUT2D eigenvalue weighted by molar-refractivity contribution is 5.85. The van der Waals surface area contributed by atoms with Gasteiger partial charge in [-0.25, -0.2) is 0 Å². The monoisotopic (exact) mass is 323 g/mol. The Kier molecular flexibility index (Phi) is 7.06. The van der Waals surface area contributed by atoms with Crippen LogP contribution in [0.4, 0.5) is 0 Å². The van der Waals surface area contributed by atoms with E-state index in [2.05, 4.69) is 9.80 Å². The standard InChI is InChI=1S/C14H25N3O.2ClH/c15-10-11-2-1-3-13(11)14(18)17-8-6-16(7-9-17)12-4-5-12;;/h11-13H,1-10,15H2;2*1H/t11-,13-;;/m1../s1. The molecule has 2 atom stereocenters. The van der Waals surface area contributed by atoms with Crippen molar-refractivity contribution in [2.75, 3.05) is 32.7 Å². The number of hydrogen-bond donors (Lipinski definition) is 1. The molecule has 3 fully saturated rings. The first-order valence-electron chi connectivity index (χ1n) is 7.52. The smallest absolute Gasteiger partial charge is 0.226 e. The number of carbonyl (C=O) groups is 1. The number of rotatable bonds is 3. The third-order valence-corrected chi connectivity index (χ3v) is 4.97. The highest BCUT2D eigenvalue weighted by Crippen LogP contribution is 2.33. The zero-order chi connectivity index (χ0) is 12.5. The minimum atomic E-state index is 0. The summed E-state index contributed by atoms with van der Waals surface area (Å²) < 4.78 is 0. The summed E-state index contributed by atoms with van der Waals surface area (Å²) in [5.74, 6) is 1.06. The number of nitrogens with zero attached hydrogens (tertiary/aromatic N) is 2. The topological polar surface area (TPSA) is 49.6 Å². The average molecular weight is 324 g/mol. The molecule has 1 aliphatic heterocycles. The lowest BCUT2D eigenvalue weighted by Crippen LogP contribution is -2.51. The van der Waals surface area contributed by atoms with Gasteiger partial charge in [-0.2, -0.15) is 0 Å². The largest absolute Gasteiger partial charge is 0.340 e. The van der Waals surface area contributed by atoms with E-state index in [1.807, 2.05) is 0 Å². The van der Waals surface area contributed by atoms with Crippen LogP contribution in [0.25, 0.3) is 0 Å². The quantitative estimate of drug-likeness (QED) is 0.856. The van der Waals surface area contributed by atoms with Crippen LogP contribution in [0.3, 0.4) is 0 Å². The number of nitrogens with two attached hydrogens (primary N) is 1. The van der Waals surface area contributed by atoms with E-state index in [1.165, 1.54) is 19.3 Å². The van der Waals surface area contributed by atoms with Gasteiger partial charge >= 0.3 is 0 Å². The predicted octanol–water partition coefficient (Wildman–Crippen LogP) is 1.51. The van der Waals surface area contributed by atoms with Crippen molar-refractivity contribution in [3.05, 3.63) is 0 Å². The van der Waals surface area contributed by atoms with E-state index >= 15 is 0 Å². The van der Waals surface area contributed by atoms with Gasteiger partial charge in [-0.15, -0.1) is 24.8 Å². The van der Waals surface area contributed by atoms with Gasteiger partial charge in [-0.1, -0.05) is 6.42 Å². The molecular formula is C14H27Cl2N3O. The fourth-order valence-corrected chi connectivity index (χ4v) is 3.63. The normalized spacial score (nSPS) is 30.6. The maximum Gasteiger partial charge on any atom is 0.226 e. The molecule has 0 aromatic carbocycles. The molecule has 2 aliphatic carbocycles. The third-order valence-electron chi connectivity index (χ3n) is 4.97. The molecule has 0 spiro atoms. The molecule has 0 radical (unpaired) electrons. The van der Waals surface area contributed by atoms with E-state index in [1.54, 1.807) is 0 Å². The second kappa shape index (κ2) is 7.83. The lowest BCUT2D eigenvalue weighted by Gasteiger charge is -2.36. The molecule has 1 saturated heterocycles. The first-order valence-corrected chi connectivity index (χ1v) is 7.52. The molecule has 20 heavy (non-hydrogen) atoms. The lowest BCUT2D eigenvalue weighted by molar-refractivity contribution is -0.138. The Hall–Kier alpha value is -0.0300. The van der Waals surface area contributed by atoms with Crippen LogP contribution in [0.5, 0.6) is 0 Å². The van der Waals surface area contributed by atoms with Crippen molar-refractivity contribution in [1.82, 2.24) is 9.80 Å². The zero-order valence-electron chi connectivity index (χ0n) is 12.0. The number of piperazine rings is 1. The van der Waals surface area contributed by atoms with Crippen LogP contribution in [0.15, 0.2) is 0 Å². The van der Waals surface area contributed by atoms with Gasteiger partial charge in [0.1, 0.15) is 0 Å². The van der Waals surface area contributed by atoms with Gasteiger partial charge in [0.05, 0.1) is 0 Å². The molecule has 3 rings (SSSR count). The van der Waals surface area contributed by atoms with E-state index < -0.39 is 0 Å². The first kappa shape index (κ1) is 18.0. The van der Waals surface area contributed by atoms with Crippen LogP contribution in [0.1, 0.15) is 32.1 Å². The molecule has 0 aromatic heterocycles. The maximum atomic E-state index is 12.5. The molecule has 3 aliphatic rings. The number of halogens is 2. The van der Waals surface area contributed by atoms with E-state index in [0.29, 0.717) is 18.4 Å². The number of hydrogen-bond acceptors (Lipinski definition) is 3. The molecule has 1 amide bonds. The van der Waals surface area contributed by atoms with Gasteiger partial charge in [-0.3, -0.25) is 9.69 Å². The van der Waals surface area contributed by atoms with Crippen molar-refractivity contribution in [2.24, 2.45) is 17.6 Å². The number of amides is 1. The van der Waals surface area contributed by atoms with E-state index in [-0.39, 0.29) is 30.7 Å².